The molecule has 4 aromatic rings. The number of nitro benzene ring substituents is 1. The predicted molar refractivity (Wildman–Crippen MR) is 142 cm³/mol. The number of carbonyl (C=O) groups is 1. The first-order chi connectivity index (χ1) is 17.9. The molecule has 0 saturated carbocycles. The summed E-state index contributed by atoms with van der Waals surface area (Å²) in [6.45, 7) is 3.68. The number of hydrogen-bond donors (Lipinski definition) is 1. The number of amides is 1. The van der Waals surface area contributed by atoms with Gasteiger partial charge in [0.05, 0.1) is 23.5 Å². The fraction of sp³-hybridized carbons (Fsp3) is 0.154. The van der Waals surface area contributed by atoms with Gasteiger partial charge in [-0.3, -0.25) is 19.5 Å². The molecule has 0 spiro atoms. The number of thioether (sulfide) groups is 1. The van der Waals surface area contributed by atoms with Crippen molar-refractivity contribution in [2.24, 2.45) is 5.10 Å². The number of carbonyl (C=O) groups excluding carboxylic acids is 1. The van der Waals surface area contributed by atoms with Crippen molar-refractivity contribution in [3.05, 3.63) is 94.0 Å². The topological polar surface area (TPSA) is 125 Å². The van der Waals surface area contributed by atoms with Crippen molar-refractivity contribution in [3.63, 3.8) is 0 Å². The molecule has 0 saturated heterocycles. The van der Waals surface area contributed by atoms with Crippen molar-refractivity contribution in [2.75, 3.05) is 12.9 Å². The Kier molecular flexibility index (Phi) is 7.94. The summed E-state index contributed by atoms with van der Waals surface area (Å²) < 4.78 is 7.16. The number of ether oxygens (including phenoxy) is 1. The van der Waals surface area contributed by atoms with Crippen LogP contribution in [0.2, 0.25) is 0 Å². The summed E-state index contributed by atoms with van der Waals surface area (Å²) in [4.78, 5) is 23.1. The number of rotatable bonds is 9. The second-order valence-corrected chi connectivity index (χ2v) is 8.98. The number of aryl methyl sites for hydroxylation is 1. The molecule has 0 aliphatic rings. The summed E-state index contributed by atoms with van der Waals surface area (Å²) in [5.74, 6) is 1.06. The van der Waals surface area contributed by atoms with Gasteiger partial charge in [-0.15, -0.1) is 10.2 Å². The van der Waals surface area contributed by atoms with Crippen molar-refractivity contribution in [3.8, 4) is 22.8 Å². The molecule has 0 atom stereocenters. The monoisotopic (exact) mass is 516 g/mol. The van der Waals surface area contributed by atoms with Crippen LogP contribution in [0, 0.1) is 17.0 Å². The molecule has 3 aromatic carbocycles. The maximum Gasteiger partial charge on any atom is 0.270 e. The molecule has 0 aliphatic heterocycles. The van der Waals surface area contributed by atoms with Crippen LogP contribution in [0.1, 0.15) is 18.1 Å². The normalized spacial score (nSPS) is 11.3. The Labute approximate surface area is 217 Å². The van der Waals surface area contributed by atoms with Crippen molar-refractivity contribution >= 4 is 29.1 Å². The first-order valence-electron chi connectivity index (χ1n) is 11.2. The van der Waals surface area contributed by atoms with Crippen molar-refractivity contribution in [1.29, 1.82) is 0 Å². The maximum atomic E-state index is 12.5. The van der Waals surface area contributed by atoms with Crippen LogP contribution < -0.4 is 10.2 Å². The van der Waals surface area contributed by atoms with E-state index in [1.165, 1.54) is 23.9 Å². The zero-order valence-corrected chi connectivity index (χ0v) is 21.2. The van der Waals surface area contributed by atoms with E-state index in [0.29, 0.717) is 22.3 Å². The lowest BCUT2D eigenvalue weighted by atomic mass is 10.1. The fourth-order valence-electron chi connectivity index (χ4n) is 3.43. The molecule has 0 radical (unpaired) electrons. The van der Waals surface area contributed by atoms with Gasteiger partial charge in [-0.05, 0) is 50.2 Å². The highest BCUT2D eigenvalue weighted by molar-refractivity contribution is 7.99. The molecule has 188 valence electrons. The molecule has 1 aromatic heterocycles. The molecule has 4 rings (SSSR count). The molecule has 37 heavy (non-hydrogen) atoms. The molecule has 10 nitrogen and oxygen atoms in total. The largest absolute Gasteiger partial charge is 0.497 e. The van der Waals surface area contributed by atoms with Gasteiger partial charge in [-0.1, -0.05) is 41.6 Å². The maximum absolute atomic E-state index is 12.5. The Morgan fingerprint density at radius 1 is 1.11 bits per heavy atom. The summed E-state index contributed by atoms with van der Waals surface area (Å²) in [5.41, 5.74) is 6.29. The highest BCUT2D eigenvalue weighted by Crippen LogP contribution is 2.29. The molecule has 11 heteroatoms. The lowest BCUT2D eigenvalue weighted by Crippen LogP contribution is -2.21. The highest BCUT2D eigenvalue weighted by atomic mass is 32.2. The first kappa shape index (κ1) is 25.6. The molecule has 1 amide bonds. The van der Waals surface area contributed by atoms with E-state index in [2.05, 4.69) is 20.7 Å². The molecule has 0 aliphatic carbocycles. The van der Waals surface area contributed by atoms with Gasteiger partial charge in [0.15, 0.2) is 11.0 Å². The molecule has 0 fully saturated rings. The minimum atomic E-state index is -0.476. The van der Waals surface area contributed by atoms with Crippen LogP contribution in [0.5, 0.6) is 5.75 Å². The van der Waals surface area contributed by atoms with Gasteiger partial charge in [0, 0.05) is 28.9 Å². The van der Waals surface area contributed by atoms with Gasteiger partial charge >= 0.3 is 0 Å². The molecular weight excluding hydrogens is 492 g/mol. The number of methoxy groups -OCH3 is 1. The SMILES string of the molecule is COc1ccc(-c2nnc(SCC(=O)N/N=C(\C)c3cccc([N+](=O)[O-])c3)n2-c2ccc(C)cc2)cc1. The highest BCUT2D eigenvalue weighted by Gasteiger charge is 2.17. The van der Waals surface area contributed by atoms with E-state index >= 15 is 0 Å². The summed E-state index contributed by atoms with van der Waals surface area (Å²) in [6.07, 6.45) is 0. The second-order valence-electron chi connectivity index (χ2n) is 8.03. The Hall–Kier alpha value is -4.51. The third-order valence-corrected chi connectivity index (χ3v) is 6.36. The Balaban J connectivity index is 1.52. The summed E-state index contributed by atoms with van der Waals surface area (Å²) in [6, 6.07) is 21.5. The predicted octanol–water partition coefficient (Wildman–Crippen LogP) is 4.79. The molecule has 1 N–H and O–H groups in total. The summed E-state index contributed by atoms with van der Waals surface area (Å²) in [5, 5.41) is 24.4. The van der Waals surface area contributed by atoms with E-state index in [4.69, 9.17) is 4.74 Å². The fourth-order valence-corrected chi connectivity index (χ4v) is 4.18. The lowest BCUT2D eigenvalue weighted by molar-refractivity contribution is -0.384. The van der Waals surface area contributed by atoms with Crippen LogP contribution in [-0.4, -0.2) is 44.2 Å². The summed E-state index contributed by atoms with van der Waals surface area (Å²) >= 11 is 1.23. The Morgan fingerprint density at radius 3 is 2.51 bits per heavy atom. The van der Waals surface area contributed by atoms with Gasteiger partial charge in [0.1, 0.15) is 5.75 Å². The van der Waals surface area contributed by atoms with Crippen molar-refractivity contribution < 1.29 is 14.5 Å². The molecular formula is C26H24N6O4S. The Morgan fingerprint density at radius 2 is 1.84 bits per heavy atom. The number of nitrogens with zero attached hydrogens (tertiary/aromatic N) is 5. The number of aromatic nitrogens is 3. The number of benzene rings is 3. The lowest BCUT2D eigenvalue weighted by Gasteiger charge is -2.11. The zero-order valence-electron chi connectivity index (χ0n) is 20.4. The van der Waals surface area contributed by atoms with Crippen molar-refractivity contribution in [2.45, 2.75) is 19.0 Å². The van der Waals surface area contributed by atoms with Gasteiger partial charge in [-0.2, -0.15) is 5.10 Å². The third-order valence-electron chi connectivity index (χ3n) is 5.43. The smallest absolute Gasteiger partial charge is 0.270 e. The van der Waals surface area contributed by atoms with Crippen molar-refractivity contribution in [1.82, 2.24) is 20.2 Å². The minimum absolute atomic E-state index is 0.0400. The molecule has 0 unspecified atom stereocenters. The second kappa shape index (κ2) is 11.5. The van der Waals surface area contributed by atoms with Gasteiger partial charge in [0.2, 0.25) is 0 Å². The van der Waals surface area contributed by atoms with Crippen LogP contribution >= 0.6 is 11.8 Å². The van der Waals surface area contributed by atoms with E-state index < -0.39 is 4.92 Å². The van der Waals surface area contributed by atoms with Gasteiger partial charge in [0.25, 0.3) is 11.6 Å². The van der Waals surface area contributed by atoms with Crippen LogP contribution in [0.15, 0.2) is 83.1 Å². The van der Waals surface area contributed by atoms with Crippen LogP contribution in [0.4, 0.5) is 5.69 Å². The third kappa shape index (κ3) is 6.19. The average molecular weight is 517 g/mol. The zero-order chi connectivity index (χ0) is 26.4. The van der Waals surface area contributed by atoms with E-state index in [-0.39, 0.29) is 17.3 Å². The van der Waals surface area contributed by atoms with E-state index in [1.54, 1.807) is 26.2 Å². The van der Waals surface area contributed by atoms with Crippen LogP contribution in [0.25, 0.3) is 17.1 Å². The van der Waals surface area contributed by atoms with Crippen LogP contribution in [0.3, 0.4) is 0 Å². The number of non-ortho nitro benzene ring substituents is 1. The molecule has 0 bridgehead atoms. The number of nitro groups is 1. The van der Waals surface area contributed by atoms with E-state index in [1.807, 2.05) is 60.0 Å². The average Bonchev–Trinajstić information content (AvgIpc) is 3.35. The standard InChI is InChI=1S/C26H24N6O4S/c1-17-7-11-21(12-8-17)31-25(19-9-13-23(36-3)14-10-19)29-30-26(31)37-16-24(33)28-27-18(2)20-5-4-6-22(15-20)32(34)35/h4-15H,16H2,1-3H3,(H,28,33)/b27-18+. The number of hydrogen-bond acceptors (Lipinski definition) is 8. The molecule has 1 heterocycles. The quantitative estimate of drug-likeness (QED) is 0.147. The van der Waals surface area contributed by atoms with Gasteiger partial charge < -0.3 is 4.74 Å². The Bertz CT molecular complexity index is 1450. The van der Waals surface area contributed by atoms with E-state index in [0.717, 1.165) is 22.6 Å². The number of hydrazone groups is 1. The van der Waals surface area contributed by atoms with Gasteiger partial charge in [-0.25, -0.2) is 5.43 Å². The van der Waals surface area contributed by atoms with E-state index in [9.17, 15) is 14.9 Å². The van der Waals surface area contributed by atoms with Crippen LogP contribution in [-0.2, 0) is 4.79 Å². The first-order valence-corrected chi connectivity index (χ1v) is 12.2. The summed E-state index contributed by atoms with van der Waals surface area (Å²) in [7, 11) is 1.61. The minimum Gasteiger partial charge on any atom is -0.497 e. The number of nitrogens with one attached hydrogen (secondary N) is 1.